The molecule has 98 valence electrons. The molecule has 2 heterocycles. The van der Waals surface area contributed by atoms with E-state index < -0.39 is 0 Å². The van der Waals surface area contributed by atoms with Crippen LogP contribution in [0.25, 0.3) is 0 Å². The molecule has 0 fully saturated rings. The number of rotatable bonds is 6. The first-order valence-corrected chi connectivity index (χ1v) is 6.92. The fourth-order valence-corrected chi connectivity index (χ4v) is 2.54. The Morgan fingerprint density at radius 2 is 2.33 bits per heavy atom. The van der Waals surface area contributed by atoms with Crippen LogP contribution in [0.3, 0.4) is 0 Å². The first kappa shape index (κ1) is 13.1. The SMILES string of the molecule is CCNCc1cnc(N(C)Cc2ccoc2C)s1. The zero-order valence-corrected chi connectivity index (χ0v) is 11.9. The van der Waals surface area contributed by atoms with E-state index in [0.29, 0.717) is 0 Å². The average Bonchev–Trinajstić information content (AvgIpc) is 2.97. The minimum Gasteiger partial charge on any atom is -0.469 e. The Bertz CT molecular complexity index is 492. The van der Waals surface area contributed by atoms with E-state index in [1.807, 2.05) is 19.2 Å². The van der Waals surface area contributed by atoms with Crippen molar-refractivity contribution in [2.75, 3.05) is 18.5 Å². The van der Waals surface area contributed by atoms with Gasteiger partial charge in [0, 0.05) is 36.8 Å². The number of hydrogen-bond donors (Lipinski definition) is 1. The molecule has 0 amide bonds. The van der Waals surface area contributed by atoms with E-state index in [9.17, 15) is 0 Å². The van der Waals surface area contributed by atoms with Crippen LogP contribution >= 0.6 is 11.3 Å². The van der Waals surface area contributed by atoms with Crippen molar-refractivity contribution < 1.29 is 4.42 Å². The van der Waals surface area contributed by atoms with Crippen LogP contribution in [0.15, 0.2) is 22.9 Å². The van der Waals surface area contributed by atoms with Gasteiger partial charge in [0.15, 0.2) is 5.13 Å². The first-order chi connectivity index (χ1) is 8.70. The number of anilines is 1. The maximum Gasteiger partial charge on any atom is 0.185 e. The van der Waals surface area contributed by atoms with E-state index in [0.717, 1.165) is 30.5 Å². The molecule has 0 saturated heterocycles. The van der Waals surface area contributed by atoms with Gasteiger partial charge in [0.2, 0.25) is 0 Å². The molecule has 0 aliphatic rings. The Morgan fingerprint density at radius 3 is 3.00 bits per heavy atom. The summed E-state index contributed by atoms with van der Waals surface area (Å²) < 4.78 is 5.31. The zero-order chi connectivity index (χ0) is 13.0. The quantitative estimate of drug-likeness (QED) is 0.872. The standard InChI is InChI=1S/C13H19N3OS/c1-4-14-7-12-8-15-13(18-12)16(3)9-11-5-6-17-10(11)2/h5-6,8,14H,4,7,9H2,1-3H3. The number of thiazole rings is 1. The lowest BCUT2D eigenvalue weighted by molar-refractivity contribution is 0.529. The normalized spacial score (nSPS) is 10.8. The number of aryl methyl sites for hydroxylation is 1. The van der Waals surface area contributed by atoms with Gasteiger partial charge in [0.05, 0.1) is 6.26 Å². The van der Waals surface area contributed by atoms with Crippen LogP contribution < -0.4 is 10.2 Å². The fourth-order valence-electron chi connectivity index (χ4n) is 1.70. The molecular formula is C13H19N3OS. The predicted molar refractivity (Wildman–Crippen MR) is 75.0 cm³/mol. The van der Waals surface area contributed by atoms with Crippen LogP contribution in [0.5, 0.6) is 0 Å². The van der Waals surface area contributed by atoms with E-state index in [-0.39, 0.29) is 0 Å². The molecule has 2 aromatic rings. The molecule has 0 bridgehead atoms. The lowest BCUT2D eigenvalue weighted by Gasteiger charge is -2.14. The van der Waals surface area contributed by atoms with Crippen LogP contribution in [-0.2, 0) is 13.1 Å². The fraction of sp³-hybridized carbons (Fsp3) is 0.462. The summed E-state index contributed by atoms with van der Waals surface area (Å²) in [7, 11) is 2.06. The highest BCUT2D eigenvalue weighted by atomic mass is 32.1. The van der Waals surface area contributed by atoms with Gasteiger partial charge in [-0.05, 0) is 19.5 Å². The lowest BCUT2D eigenvalue weighted by atomic mass is 10.2. The summed E-state index contributed by atoms with van der Waals surface area (Å²) in [5.41, 5.74) is 1.21. The molecule has 0 radical (unpaired) electrons. The highest BCUT2D eigenvalue weighted by Crippen LogP contribution is 2.23. The van der Waals surface area contributed by atoms with Gasteiger partial charge in [-0.3, -0.25) is 0 Å². The summed E-state index contributed by atoms with van der Waals surface area (Å²) >= 11 is 1.73. The third-order valence-corrected chi connectivity index (χ3v) is 3.90. The van der Waals surface area contributed by atoms with Gasteiger partial charge in [0.25, 0.3) is 0 Å². The molecule has 2 rings (SSSR count). The van der Waals surface area contributed by atoms with Crippen LogP contribution in [-0.4, -0.2) is 18.6 Å². The van der Waals surface area contributed by atoms with Crippen LogP contribution in [0.4, 0.5) is 5.13 Å². The van der Waals surface area contributed by atoms with Crippen molar-refractivity contribution in [2.24, 2.45) is 0 Å². The molecule has 5 heteroatoms. The highest BCUT2D eigenvalue weighted by molar-refractivity contribution is 7.15. The van der Waals surface area contributed by atoms with Gasteiger partial charge >= 0.3 is 0 Å². The van der Waals surface area contributed by atoms with Crippen molar-refractivity contribution in [3.05, 3.63) is 34.7 Å². The minimum atomic E-state index is 0.830. The average molecular weight is 265 g/mol. The van der Waals surface area contributed by atoms with E-state index in [1.54, 1.807) is 17.6 Å². The third-order valence-electron chi connectivity index (χ3n) is 2.79. The van der Waals surface area contributed by atoms with Crippen molar-refractivity contribution in [2.45, 2.75) is 26.9 Å². The van der Waals surface area contributed by atoms with Crippen LogP contribution in [0.2, 0.25) is 0 Å². The summed E-state index contributed by atoms with van der Waals surface area (Å²) in [6, 6.07) is 2.01. The summed E-state index contributed by atoms with van der Waals surface area (Å²) in [5, 5.41) is 4.35. The molecule has 0 saturated carbocycles. The van der Waals surface area contributed by atoms with Crippen molar-refractivity contribution in [3.8, 4) is 0 Å². The Labute approximate surface area is 112 Å². The monoisotopic (exact) mass is 265 g/mol. The van der Waals surface area contributed by atoms with Crippen molar-refractivity contribution >= 4 is 16.5 Å². The van der Waals surface area contributed by atoms with E-state index in [4.69, 9.17) is 4.42 Å². The molecule has 0 atom stereocenters. The highest BCUT2D eigenvalue weighted by Gasteiger charge is 2.10. The van der Waals surface area contributed by atoms with E-state index >= 15 is 0 Å². The molecule has 0 unspecified atom stereocenters. The maximum atomic E-state index is 5.31. The van der Waals surface area contributed by atoms with Gasteiger partial charge in [0.1, 0.15) is 5.76 Å². The largest absolute Gasteiger partial charge is 0.469 e. The number of nitrogens with one attached hydrogen (secondary N) is 1. The molecule has 4 nitrogen and oxygen atoms in total. The van der Waals surface area contributed by atoms with Gasteiger partial charge in [-0.1, -0.05) is 6.92 Å². The Kier molecular flexibility index (Phi) is 4.38. The molecular weight excluding hydrogens is 246 g/mol. The van der Waals surface area contributed by atoms with Gasteiger partial charge in [-0.2, -0.15) is 0 Å². The van der Waals surface area contributed by atoms with E-state index in [2.05, 4.69) is 29.2 Å². The third kappa shape index (κ3) is 3.11. The van der Waals surface area contributed by atoms with Gasteiger partial charge < -0.3 is 14.6 Å². The number of nitrogens with zero attached hydrogens (tertiary/aromatic N) is 2. The summed E-state index contributed by atoms with van der Waals surface area (Å²) in [6.45, 7) is 6.80. The second kappa shape index (κ2) is 6.02. The van der Waals surface area contributed by atoms with Gasteiger partial charge in [-0.25, -0.2) is 4.98 Å². The Hall–Kier alpha value is -1.33. The molecule has 0 aliphatic heterocycles. The predicted octanol–water partition coefficient (Wildman–Crippen LogP) is 2.79. The molecule has 0 aliphatic carbocycles. The minimum absolute atomic E-state index is 0.830. The van der Waals surface area contributed by atoms with Crippen molar-refractivity contribution in [1.82, 2.24) is 10.3 Å². The van der Waals surface area contributed by atoms with Crippen LogP contribution in [0.1, 0.15) is 23.1 Å². The second-order valence-electron chi connectivity index (χ2n) is 4.25. The Morgan fingerprint density at radius 1 is 1.50 bits per heavy atom. The first-order valence-electron chi connectivity index (χ1n) is 6.10. The van der Waals surface area contributed by atoms with Crippen LogP contribution in [0, 0.1) is 6.92 Å². The molecule has 0 spiro atoms. The molecule has 0 aromatic carbocycles. The number of hydrogen-bond acceptors (Lipinski definition) is 5. The smallest absolute Gasteiger partial charge is 0.185 e. The van der Waals surface area contributed by atoms with E-state index in [1.165, 1.54) is 10.4 Å². The second-order valence-corrected chi connectivity index (χ2v) is 5.34. The summed E-state index contributed by atoms with van der Waals surface area (Å²) in [5.74, 6) is 0.978. The number of furan rings is 1. The molecule has 1 N–H and O–H groups in total. The maximum absolute atomic E-state index is 5.31. The molecule has 2 aromatic heterocycles. The van der Waals surface area contributed by atoms with Gasteiger partial charge in [-0.15, -0.1) is 11.3 Å². The van der Waals surface area contributed by atoms with Crippen molar-refractivity contribution in [1.29, 1.82) is 0 Å². The topological polar surface area (TPSA) is 41.3 Å². The summed E-state index contributed by atoms with van der Waals surface area (Å²) in [4.78, 5) is 7.87. The lowest BCUT2D eigenvalue weighted by Crippen LogP contribution is -2.16. The zero-order valence-electron chi connectivity index (χ0n) is 11.1. The van der Waals surface area contributed by atoms with Crippen molar-refractivity contribution in [3.63, 3.8) is 0 Å². The summed E-state index contributed by atoms with van der Waals surface area (Å²) in [6.07, 6.45) is 3.68. The number of aromatic nitrogens is 1. The molecule has 18 heavy (non-hydrogen) atoms. The Balaban J connectivity index is 1.98.